The van der Waals surface area contributed by atoms with Crippen molar-refractivity contribution in [2.75, 3.05) is 7.11 Å². The molecule has 1 aliphatic rings. The van der Waals surface area contributed by atoms with Crippen LogP contribution in [0.25, 0.3) is 0 Å². The minimum Gasteiger partial charge on any atom is -0.497 e. The smallest absolute Gasteiger partial charge is 0.185 e. The third-order valence-electron chi connectivity index (χ3n) is 4.22. The summed E-state index contributed by atoms with van der Waals surface area (Å²) in [6.45, 7) is 8.37. The summed E-state index contributed by atoms with van der Waals surface area (Å²) in [5, 5.41) is -0.687. The Bertz CT molecular complexity index is 438. The highest BCUT2D eigenvalue weighted by Crippen LogP contribution is 2.54. The van der Waals surface area contributed by atoms with Crippen LogP contribution in [-0.4, -0.2) is 12.2 Å². The molecule has 0 amide bonds. The number of methoxy groups -OCH3 is 1. The van der Waals surface area contributed by atoms with Gasteiger partial charge in [-0.1, -0.05) is 32.4 Å². The molecule has 1 aromatic rings. The number of halogens is 1. The maximum Gasteiger partial charge on any atom is 0.185 e. The summed E-state index contributed by atoms with van der Waals surface area (Å²) in [5.41, 5.74) is 1.01. The minimum atomic E-state index is -0.687. The molecule has 0 radical (unpaired) electrons. The first-order valence-electron chi connectivity index (χ1n) is 5.85. The highest BCUT2D eigenvalue weighted by atomic mass is 35.5. The summed E-state index contributed by atoms with van der Waals surface area (Å²) in [5.74, 6) is 2.02. The molecule has 0 fully saturated rings. The van der Waals surface area contributed by atoms with Crippen LogP contribution >= 0.6 is 11.6 Å². The molecule has 0 aliphatic carbocycles. The largest absolute Gasteiger partial charge is 0.497 e. The highest BCUT2D eigenvalue weighted by molar-refractivity contribution is 6.23. The van der Waals surface area contributed by atoms with Gasteiger partial charge in [0.2, 0.25) is 0 Å². The molecule has 17 heavy (non-hydrogen) atoms. The number of ether oxygens (including phenoxy) is 2. The normalized spacial score (nSPS) is 30.4. The lowest BCUT2D eigenvalue weighted by Crippen LogP contribution is -2.48. The molecular weight excluding hydrogens is 236 g/mol. The maximum absolute atomic E-state index is 6.51. The first-order chi connectivity index (χ1) is 7.79. The van der Waals surface area contributed by atoms with Crippen LogP contribution in [0.2, 0.25) is 0 Å². The van der Waals surface area contributed by atoms with Crippen molar-refractivity contribution < 1.29 is 9.47 Å². The van der Waals surface area contributed by atoms with Gasteiger partial charge in [0.05, 0.1) is 7.11 Å². The molecule has 1 aliphatic heterocycles. The number of fused-ring (bicyclic) bond motifs is 1. The van der Waals surface area contributed by atoms with Gasteiger partial charge in [-0.2, -0.15) is 0 Å². The zero-order valence-electron chi connectivity index (χ0n) is 11.0. The van der Waals surface area contributed by atoms with Crippen LogP contribution in [0.4, 0.5) is 0 Å². The Morgan fingerprint density at radius 3 is 2.53 bits per heavy atom. The Morgan fingerprint density at radius 1 is 1.29 bits per heavy atom. The molecule has 0 saturated carbocycles. The lowest BCUT2D eigenvalue weighted by atomic mass is 9.70. The lowest BCUT2D eigenvalue weighted by molar-refractivity contribution is 0.0102. The maximum atomic E-state index is 6.51. The van der Waals surface area contributed by atoms with E-state index in [-0.39, 0.29) is 5.41 Å². The average molecular weight is 255 g/mol. The Morgan fingerprint density at radius 2 is 1.94 bits per heavy atom. The van der Waals surface area contributed by atoms with Gasteiger partial charge >= 0.3 is 0 Å². The number of rotatable bonds is 1. The molecule has 2 rings (SSSR count). The molecule has 0 saturated heterocycles. The number of hydrogen-bond donors (Lipinski definition) is 0. The number of benzene rings is 1. The van der Waals surface area contributed by atoms with Gasteiger partial charge in [-0.3, -0.25) is 0 Å². The van der Waals surface area contributed by atoms with E-state index in [0.717, 1.165) is 17.1 Å². The molecule has 0 N–H and O–H groups in total. The van der Waals surface area contributed by atoms with Crippen molar-refractivity contribution in [3.05, 3.63) is 23.8 Å². The number of hydrogen-bond acceptors (Lipinski definition) is 2. The van der Waals surface area contributed by atoms with Crippen LogP contribution < -0.4 is 9.47 Å². The van der Waals surface area contributed by atoms with Crippen molar-refractivity contribution in [3.8, 4) is 11.5 Å². The topological polar surface area (TPSA) is 18.5 Å². The van der Waals surface area contributed by atoms with Crippen LogP contribution in [-0.2, 0) is 0 Å². The van der Waals surface area contributed by atoms with E-state index in [4.69, 9.17) is 21.1 Å². The van der Waals surface area contributed by atoms with Gasteiger partial charge in [0.25, 0.3) is 0 Å². The fraction of sp³-hybridized carbons (Fsp3) is 0.571. The van der Waals surface area contributed by atoms with E-state index in [9.17, 15) is 0 Å². The minimum absolute atomic E-state index is 0.145. The fourth-order valence-corrected chi connectivity index (χ4v) is 2.45. The Hall–Kier alpha value is -0.890. The molecule has 94 valence electrons. The van der Waals surface area contributed by atoms with Gasteiger partial charge in [0.15, 0.2) is 5.06 Å². The van der Waals surface area contributed by atoms with Crippen molar-refractivity contribution in [1.82, 2.24) is 0 Å². The van der Waals surface area contributed by atoms with E-state index < -0.39 is 5.06 Å². The van der Waals surface area contributed by atoms with Crippen LogP contribution in [0, 0.1) is 5.41 Å². The summed E-state index contributed by atoms with van der Waals surface area (Å²) in [6, 6.07) is 5.87. The van der Waals surface area contributed by atoms with Crippen LogP contribution in [0.15, 0.2) is 18.2 Å². The van der Waals surface area contributed by atoms with E-state index in [1.807, 2.05) is 25.1 Å². The summed E-state index contributed by atoms with van der Waals surface area (Å²) >= 11 is 6.51. The molecule has 3 heteroatoms. The van der Waals surface area contributed by atoms with Gasteiger partial charge < -0.3 is 9.47 Å². The molecule has 2 nitrogen and oxygen atoms in total. The SMILES string of the molecule is COc1ccc2c(c1)C(C)C(C)(C)C(C)(Cl)O2. The highest BCUT2D eigenvalue weighted by Gasteiger charge is 2.50. The van der Waals surface area contributed by atoms with Crippen molar-refractivity contribution >= 4 is 11.6 Å². The Labute approximate surface area is 108 Å². The molecular formula is C14H19ClO2. The molecule has 1 heterocycles. The zero-order chi connectivity index (χ0) is 12.8. The predicted molar refractivity (Wildman–Crippen MR) is 70.1 cm³/mol. The summed E-state index contributed by atoms with van der Waals surface area (Å²) < 4.78 is 11.2. The molecule has 2 atom stereocenters. The Balaban J connectivity index is 2.54. The van der Waals surface area contributed by atoms with Gasteiger partial charge in [-0.05, 0) is 31.0 Å². The lowest BCUT2D eigenvalue weighted by Gasteiger charge is -2.48. The first-order valence-corrected chi connectivity index (χ1v) is 6.23. The third-order valence-corrected chi connectivity index (χ3v) is 4.78. The van der Waals surface area contributed by atoms with E-state index >= 15 is 0 Å². The zero-order valence-corrected chi connectivity index (χ0v) is 11.8. The standard InChI is InChI=1S/C14H19ClO2/c1-9-11-8-10(16-5)6-7-12(11)17-14(4,15)13(9,2)3/h6-9H,1-5H3. The number of alkyl halides is 1. The van der Waals surface area contributed by atoms with E-state index in [2.05, 4.69) is 20.8 Å². The second kappa shape index (κ2) is 3.81. The quantitative estimate of drug-likeness (QED) is 0.701. The summed E-state index contributed by atoms with van der Waals surface area (Å²) in [4.78, 5) is 0. The van der Waals surface area contributed by atoms with E-state index in [1.54, 1.807) is 7.11 Å². The van der Waals surface area contributed by atoms with Crippen LogP contribution in [0.3, 0.4) is 0 Å². The van der Waals surface area contributed by atoms with Crippen LogP contribution in [0.1, 0.15) is 39.2 Å². The molecule has 0 bridgehead atoms. The predicted octanol–water partition coefficient (Wildman–Crippen LogP) is 4.17. The van der Waals surface area contributed by atoms with E-state index in [1.165, 1.54) is 0 Å². The van der Waals surface area contributed by atoms with Crippen LogP contribution in [0.5, 0.6) is 11.5 Å². The fourth-order valence-electron chi connectivity index (χ4n) is 2.20. The van der Waals surface area contributed by atoms with E-state index in [0.29, 0.717) is 5.92 Å². The second-order valence-electron chi connectivity index (χ2n) is 5.37. The summed E-state index contributed by atoms with van der Waals surface area (Å²) in [7, 11) is 1.67. The van der Waals surface area contributed by atoms with Gasteiger partial charge in [0.1, 0.15) is 11.5 Å². The van der Waals surface area contributed by atoms with Gasteiger partial charge in [0, 0.05) is 11.0 Å². The molecule has 0 spiro atoms. The average Bonchev–Trinajstić information content (AvgIpc) is 2.26. The van der Waals surface area contributed by atoms with Crippen molar-refractivity contribution in [2.45, 2.75) is 38.7 Å². The molecule has 2 unspecified atom stereocenters. The van der Waals surface area contributed by atoms with Crippen molar-refractivity contribution in [1.29, 1.82) is 0 Å². The monoisotopic (exact) mass is 254 g/mol. The molecule has 0 aromatic heterocycles. The van der Waals surface area contributed by atoms with Crippen molar-refractivity contribution in [2.24, 2.45) is 5.41 Å². The Kier molecular flexibility index (Phi) is 2.81. The van der Waals surface area contributed by atoms with Gasteiger partial charge in [-0.25, -0.2) is 0 Å². The first kappa shape index (κ1) is 12.6. The van der Waals surface area contributed by atoms with Crippen molar-refractivity contribution in [3.63, 3.8) is 0 Å². The van der Waals surface area contributed by atoms with Gasteiger partial charge in [-0.15, -0.1) is 0 Å². The summed E-state index contributed by atoms with van der Waals surface area (Å²) in [6.07, 6.45) is 0. The molecule has 1 aromatic carbocycles. The second-order valence-corrected chi connectivity index (χ2v) is 6.09. The third kappa shape index (κ3) is 1.79.